The molecule has 4 nitrogen and oxygen atoms in total. The van der Waals surface area contributed by atoms with E-state index in [2.05, 4.69) is 18.7 Å². The predicted molar refractivity (Wildman–Crippen MR) is 83.0 cm³/mol. The van der Waals surface area contributed by atoms with Gasteiger partial charge in [-0.25, -0.2) is 0 Å². The SMILES string of the molecule is CC(=O)c1cccc(OCCCN2CC(C)OC(C)C2)c1. The number of carbonyl (C=O) groups excluding carboxylic acids is 1. The van der Waals surface area contributed by atoms with Gasteiger partial charge in [0.1, 0.15) is 5.75 Å². The van der Waals surface area contributed by atoms with Gasteiger partial charge in [-0.05, 0) is 39.3 Å². The number of carbonyl (C=O) groups is 1. The summed E-state index contributed by atoms with van der Waals surface area (Å²) >= 11 is 0. The molecule has 2 rings (SSSR count). The van der Waals surface area contributed by atoms with E-state index in [9.17, 15) is 4.79 Å². The topological polar surface area (TPSA) is 38.8 Å². The number of benzene rings is 1. The summed E-state index contributed by atoms with van der Waals surface area (Å²) in [4.78, 5) is 13.7. The minimum atomic E-state index is 0.0664. The van der Waals surface area contributed by atoms with Crippen LogP contribution in [0.15, 0.2) is 24.3 Å². The Hall–Kier alpha value is -1.39. The molecule has 1 aliphatic rings. The van der Waals surface area contributed by atoms with Gasteiger partial charge in [0.25, 0.3) is 0 Å². The van der Waals surface area contributed by atoms with Crippen molar-refractivity contribution < 1.29 is 14.3 Å². The number of nitrogens with zero attached hydrogens (tertiary/aromatic N) is 1. The molecule has 1 aromatic carbocycles. The number of ketones is 1. The second kappa shape index (κ2) is 7.57. The van der Waals surface area contributed by atoms with Crippen LogP contribution < -0.4 is 4.74 Å². The Morgan fingerprint density at radius 2 is 2.05 bits per heavy atom. The summed E-state index contributed by atoms with van der Waals surface area (Å²) in [7, 11) is 0. The maximum Gasteiger partial charge on any atom is 0.159 e. The molecule has 0 spiro atoms. The zero-order valence-corrected chi connectivity index (χ0v) is 13.2. The molecular formula is C17H25NO3. The largest absolute Gasteiger partial charge is 0.494 e. The lowest BCUT2D eigenvalue weighted by Crippen LogP contribution is -2.45. The van der Waals surface area contributed by atoms with Gasteiger partial charge in [0.05, 0.1) is 18.8 Å². The van der Waals surface area contributed by atoms with Gasteiger partial charge in [-0.1, -0.05) is 12.1 Å². The summed E-state index contributed by atoms with van der Waals surface area (Å²) in [6, 6.07) is 7.37. The van der Waals surface area contributed by atoms with E-state index in [4.69, 9.17) is 9.47 Å². The minimum Gasteiger partial charge on any atom is -0.494 e. The van der Waals surface area contributed by atoms with Gasteiger partial charge in [-0.3, -0.25) is 9.69 Å². The predicted octanol–water partition coefficient (Wildman–Crippen LogP) is 2.77. The molecule has 0 amide bonds. The van der Waals surface area contributed by atoms with E-state index in [0.29, 0.717) is 24.4 Å². The summed E-state index contributed by atoms with van der Waals surface area (Å²) in [6.07, 6.45) is 1.59. The Kier molecular flexibility index (Phi) is 5.76. The van der Waals surface area contributed by atoms with Crippen LogP contribution in [0.25, 0.3) is 0 Å². The molecule has 116 valence electrons. The van der Waals surface area contributed by atoms with Crippen LogP contribution in [0, 0.1) is 0 Å². The van der Waals surface area contributed by atoms with E-state index in [1.807, 2.05) is 18.2 Å². The number of rotatable bonds is 6. The first-order chi connectivity index (χ1) is 10.0. The molecule has 0 radical (unpaired) electrons. The number of morpholine rings is 1. The normalized spacial score (nSPS) is 23.0. The molecule has 0 N–H and O–H groups in total. The number of ether oxygens (including phenoxy) is 2. The molecule has 0 aromatic heterocycles. The summed E-state index contributed by atoms with van der Waals surface area (Å²) in [5, 5.41) is 0. The van der Waals surface area contributed by atoms with Gasteiger partial charge in [0, 0.05) is 25.2 Å². The van der Waals surface area contributed by atoms with Crippen molar-refractivity contribution in [1.29, 1.82) is 0 Å². The lowest BCUT2D eigenvalue weighted by molar-refractivity contribution is -0.0686. The standard InChI is InChI=1S/C17H25NO3/c1-13-11-18(12-14(2)21-13)8-5-9-20-17-7-4-6-16(10-17)15(3)19/h4,6-7,10,13-14H,5,8-9,11-12H2,1-3H3. The van der Waals surface area contributed by atoms with Crippen LogP contribution >= 0.6 is 0 Å². The Balaban J connectivity index is 1.72. The zero-order chi connectivity index (χ0) is 15.2. The molecule has 21 heavy (non-hydrogen) atoms. The highest BCUT2D eigenvalue weighted by atomic mass is 16.5. The molecular weight excluding hydrogens is 266 g/mol. The Morgan fingerprint density at radius 1 is 1.33 bits per heavy atom. The van der Waals surface area contributed by atoms with Crippen LogP contribution in [0.5, 0.6) is 5.75 Å². The highest BCUT2D eigenvalue weighted by Gasteiger charge is 2.21. The fourth-order valence-corrected chi connectivity index (χ4v) is 2.75. The monoisotopic (exact) mass is 291 g/mol. The van der Waals surface area contributed by atoms with Crippen molar-refractivity contribution in [3.63, 3.8) is 0 Å². The molecule has 1 aromatic rings. The highest BCUT2D eigenvalue weighted by molar-refractivity contribution is 5.94. The van der Waals surface area contributed by atoms with E-state index in [1.165, 1.54) is 0 Å². The highest BCUT2D eigenvalue weighted by Crippen LogP contribution is 2.15. The summed E-state index contributed by atoms with van der Waals surface area (Å²) in [6.45, 7) is 9.47. The van der Waals surface area contributed by atoms with E-state index < -0.39 is 0 Å². The molecule has 1 aliphatic heterocycles. The Bertz CT molecular complexity index is 465. The van der Waals surface area contributed by atoms with Crippen molar-refractivity contribution in [2.45, 2.75) is 39.4 Å². The van der Waals surface area contributed by atoms with Crippen molar-refractivity contribution in [2.75, 3.05) is 26.2 Å². The average Bonchev–Trinajstić information content (AvgIpc) is 2.43. The van der Waals surface area contributed by atoms with E-state index in [0.717, 1.165) is 31.8 Å². The van der Waals surface area contributed by atoms with Gasteiger partial charge in [-0.15, -0.1) is 0 Å². The first-order valence-corrected chi connectivity index (χ1v) is 7.66. The molecule has 0 bridgehead atoms. The number of hydrogen-bond donors (Lipinski definition) is 0. The Labute approximate surface area is 127 Å². The van der Waals surface area contributed by atoms with E-state index in [-0.39, 0.29) is 5.78 Å². The maximum absolute atomic E-state index is 11.3. The fraction of sp³-hybridized carbons (Fsp3) is 0.588. The number of Topliss-reactive ketones (excluding diaryl/α,β-unsaturated/α-hetero) is 1. The third-order valence-electron chi connectivity index (χ3n) is 3.62. The van der Waals surface area contributed by atoms with Crippen LogP contribution in [0.1, 0.15) is 37.6 Å². The van der Waals surface area contributed by atoms with Gasteiger partial charge < -0.3 is 9.47 Å². The van der Waals surface area contributed by atoms with Crippen molar-refractivity contribution in [3.05, 3.63) is 29.8 Å². The molecule has 1 fully saturated rings. The molecule has 0 aliphatic carbocycles. The quantitative estimate of drug-likeness (QED) is 0.597. The molecule has 1 heterocycles. The maximum atomic E-state index is 11.3. The molecule has 2 unspecified atom stereocenters. The third kappa shape index (κ3) is 5.14. The molecule has 4 heteroatoms. The number of hydrogen-bond acceptors (Lipinski definition) is 4. The van der Waals surface area contributed by atoms with Crippen molar-refractivity contribution in [2.24, 2.45) is 0 Å². The van der Waals surface area contributed by atoms with Crippen LogP contribution in [-0.4, -0.2) is 49.1 Å². The molecule has 2 atom stereocenters. The van der Waals surface area contributed by atoms with Crippen molar-refractivity contribution in [1.82, 2.24) is 4.90 Å². The van der Waals surface area contributed by atoms with E-state index >= 15 is 0 Å². The first kappa shape index (κ1) is 16.0. The van der Waals surface area contributed by atoms with Gasteiger partial charge in [-0.2, -0.15) is 0 Å². The summed E-state index contributed by atoms with van der Waals surface area (Å²) in [5.74, 6) is 0.836. The van der Waals surface area contributed by atoms with Crippen LogP contribution in [0.4, 0.5) is 0 Å². The van der Waals surface area contributed by atoms with Crippen molar-refractivity contribution in [3.8, 4) is 5.75 Å². The minimum absolute atomic E-state index is 0.0664. The van der Waals surface area contributed by atoms with Crippen LogP contribution in [-0.2, 0) is 4.74 Å². The lowest BCUT2D eigenvalue weighted by Gasteiger charge is -2.35. The first-order valence-electron chi connectivity index (χ1n) is 7.66. The van der Waals surface area contributed by atoms with E-state index in [1.54, 1.807) is 13.0 Å². The fourth-order valence-electron chi connectivity index (χ4n) is 2.75. The van der Waals surface area contributed by atoms with Gasteiger partial charge >= 0.3 is 0 Å². The van der Waals surface area contributed by atoms with Gasteiger partial charge in [0.2, 0.25) is 0 Å². The summed E-state index contributed by atoms with van der Waals surface area (Å²) < 4.78 is 11.5. The Morgan fingerprint density at radius 3 is 2.71 bits per heavy atom. The smallest absolute Gasteiger partial charge is 0.159 e. The zero-order valence-electron chi connectivity index (χ0n) is 13.2. The third-order valence-corrected chi connectivity index (χ3v) is 3.62. The second-order valence-corrected chi connectivity index (χ2v) is 5.80. The molecule has 1 saturated heterocycles. The second-order valence-electron chi connectivity index (χ2n) is 5.80. The average molecular weight is 291 g/mol. The van der Waals surface area contributed by atoms with Crippen molar-refractivity contribution >= 4 is 5.78 Å². The van der Waals surface area contributed by atoms with Crippen LogP contribution in [0.3, 0.4) is 0 Å². The van der Waals surface area contributed by atoms with Crippen LogP contribution in [0.2, 0.25) is 0 Å². The van der Waals surface area contributed by atoms with Gasteiger partial charge in [0.15, 0.2) is 5.78 Å². The molecule has 0 saturated carbocycles. The lowest BCUT2D eigenvalue weighted by atomic mass is 10.1. The summed E-state index contributed by atoms with van der Waals surface area (Å²) in [5.41, 5.74) is 0.698.